The zero-order valence-corrected chi connectivity index (χ0v) is 13.4. The first kappa shape index (κ1) is 14.0. The highest BCUT2D eigenvalue weighted by atomic mass is 79.9. The third-order valence-electron chi connectivity index (χ3n) is 2.61. The van der Waals surface area contributed by atoms with Crippen LogP contribution in [-0.2, 0) is 0 Å². The largest absolute Gasteiger partial charge is 0.382 e. The average molecular weight is 391 g/mol. The van der Waals surface area contributed by atoms with E-state index in [1.54, 1.807) is 12.3 Å². The van der Waals surface area contributed by atoms with Gasteiger partial charge in [-0.2, -0.15) is 0 Å². The number of rotatable bonds is 2. The van der Waals surface area contributed by atoms with Crippen molar-refractivity contribution in [1.82, 2.24) is 4.98 Å². The summed E-state index contributed by atoms with van der Waals surface area (Å²) in [4.78, 5) is 4.22. The van der Waals surface area contributed by atoms with Gasteiger partial charge in [0.15, 0.2) is 0 Å². The Kier molecular flexibility index (Phi) is 4.43. The molecule has 1 atom stereocenters. The van der Waals surface area contributed by atoms with Crippen molar-refractivity contribution in [2.75, 3.05) is 0 Å². The summed E-state index contributed by atoms with van der Waals surface area (Å²) in [5, 5.41) is 11.0. The highest BCUT2D eigenvalue weighted by Gasteiger charge is 2.16. The fourth-order valence-electron chi connectivity index (χ4n) is 1.56. The molecule has 1 unspecified atom stereocenters. The SMILES string of the molecule is Cc1ccc(C(O)c2ncc(Br)cc2Br)cc1Cl. The van der Waals surface area contributed by atoms with E-state index in [0.29, 0.717) is 10.7 Å². The van der Waals surface area contributed by atoms with Gasteiger partial charge < -0.3 is 5.11 Å². The first-order valence-corrected chi connectivity index (χ1v) is 7.20. The van der Waals surface area contributed by atoms with Gasteiger partial charge in [0.2, 0.25) is 0 Å². The van der Waals surface area contributed by atoms with Crippen LogP contribution in [0.3, 0.4) is 0 Å². The van der Waals surface area contributed by atoms with Gasteiger partial charge in [-0.05, 0) is 62.0 Å². The van der Waals surface area contributed by atoms with E-state index < -0.39 is 6.10 Å². The van der Waals surface area contributed by atoms with Crippen molar-refractivity contribution in [2.24, 2.45) is 0 Å². The monoisotopic (exact) mass is 389 g/mol. The van der Waals surface area contributed by atoms with Gasteiger partial charge in [0.25, 0.3) is 0 Å². The predicted octanol–water partition coefficient (Wildman–Crippen LogP) is 4.65. The van der Waals surface area contributed by atoms with Crippen molar-refractivity contribution in [3.8, 4) is 0 Å². The third kappa shape index (κ3) is 2.94. The molecular weight excluding hydrogens is 381 g/mol. The Labute approximate surface area is 127 Å². The Hall–Kier alpha value is -0.420. The summed E-state index contributed by atoms with van der Waals surface area (Å²) in [7, 11) is 0. The Balaban J connectivity index is 2.41. The van der Waals surface area contributed by atoms with E-state index in [-0.39, 0.29) is 0 Å². The molecule has 0 amide bonds. The Morgan fingerprint density at radius 2 is 2.00 bits per heavy atom. The van der Waals surface area contributed by atoms with E-state index in [4.69, 9.17) is 11.6 Å². The molecule has 2 nitrogen and oxygen atoms in total. The van der Waals surface area contributed by atoms with E-state index >= 15 is 0 Å². The highest BCUT2D eigenvalue weighted by molar-refractivity contribution is 9.11. The van der Waals surface area contributed by atoms with Crippen LogP contribution in [0.1, 0.15) is 22.9 Å². The number of aliphatic hydroxyl groups excluding tert-OH is 1. The van der Waals surface area contributed by atoms with Crippen LogP contribution in [0.15, 0.2) is 39.4 Å². The lowest BCUT2D eigenvalue weighted by molar-refractivity contribution is 0.214. The van der Waals surface area contributed by atoms with Crippen LogP contribution in [0.25, 0.3) is 0 Å². The van der Waals surface area contributed by atoms with Crippen LogP contribution >= 0.6 is 43.5 Å². The second-order valence-electron chi connectivity index (χ2n) is 3.93. The quantitative estimate of drug-likeness (QED) is 0.808. The molecule has 0 saturated carbocycles. The number of aliphatic hydroxyl groups is 1. The van der Waals surface area contributed by atoms with Gasteiger partial charge in [-0.25, -0.2) is 0 Å². The summed E-state index contributed by atoms with van der Waals surface area (Å²) in [6.07, 6.45) is 0.852. The molecule has 0 saturated heterocycles. The van der Waals surface area contributed by atoms with Gasteiger partial charge in [0, 0.05) is 20.2 Å². The molecule has 1 aromatic carbocycles. The zero-order valence-electron chi connectivity index (χ0n) is 9.49. The number of pyridine rings is 1. The fourth-order valence-corrected chi connectivity index (χ4v) is 2.96. The van der Waals surface area contributed by atoms with E-state index in [1.807, 2.05) is 25.1 Å². The van der Waals surface area contributed by atoms with Gasteiger partial charge in [-0.3, -0.25) is 4.98 Å². The van der Waals surface area contributed by atoms with E-state index in [2.05, 4.69) is 36.8 Å². The minimum Gasteiger partial charge on any atom is -0.382 e. The Bertz CT molecular complexity index is 589. The lowest BCUT2D eigenvalue weighted by Gasteiger charge is -2.13. The summed E-state index contributed by atoms with van der Waals surface area (Å²) in [5.74, 6) is 0. The molecule has 0 radical (unpaired) electrons. The molecule has 1 heterocycles. The number of aromatic nitrogens is 1. The Morgan fingerprint density at radius 3 is 2.61 bits per heavy atom. The molecule has 1 aromatic heterocycles. The first-order valence-electron chi connectivity index (χ1n) is 5.24. The molecule has 5 heteroatoms. The lowest BCUT2D eigenvalue weighted by atomic mass is 10.0. The van der Waals surface area contributed by atoms with Crippen LogP contribution in [-0.4, -0.2) is 10.1 Å². The molecule has 0 fully saturated rings. The number of halogens is 3. The highest BCUT2D eigenvalue weighted by Crippen LogP contribution is 2.30. The van der Waals surface area contributed by atoms with Crippen molar-refractivity contribution in [3.05, 3.63) is 61.3 Å². The molecule has 2 aromatic rings. The summed E-state index contributed by atoms with van der Waals surface area (Å²) in [5.41, 5.74) is 2.27. The molecule has 0 aliphatic rings. The van der Waals surface area contributed by atoms with Crippen molar-refractivity contribution >= 4 is 43.5 Å². The van der Waals surface area contributed by atoms with Gasteiger partial charge in [0.1, 0.15) is 6.10 Å². The van der Waals surface area contributed by atoms with Crippen LogP contribution in [0.5, 0.6) is 0 Å². The minimum absolute atomic E-state index is 0.568. The normalized spacial score (nSPS) is 12.5. The van der Waals surface area contributed by atoms with Crippen LogP contribution < -0.4 is 0 Å². The molecule has 0 spiro atoms. The van der Waals surface area contributed by atoms with E-state index in [0.717, 1.165) is 20.1 Å². The third-order valence-corrected chi connectivity index (χ3v) is 4.08. The molecular formula is C13H10Br2ClNO. The zero-order chi connectivity index (χ0) is 13.3. The number of hydrogen-bond donors (Lipinski definition) is 1. The topological polar surface area (TPSA) is 33.1 Å². The first-order chi connectivity index (χ1) is 8.49. The summed E-state index contributed by atoms with van der Waals surface area (Å²) in [6.45, 7) is 1.92. The summed E-state index contributed by atoms with van der Waals surface area (Å²) >= 11 is 12.8. The maximum Gasteiger partial charge on any atom is 0.122 e. The van der Waals surface area contributed by atoms with Gasteiger partial charge in [0.05, 0.1) is 5.69 Å². The maximum absolute atomic E-state index is 10.3. The molecule has 2 rings (SSSR count). The van der Waals surface area contributed by atoms with Crippen LogP contribution in [0.4, 0.5) is 0 Å². The lowest BCUT2D eigenvalue weighted by Crippen LogP contribution is -2.03. The molecule has 1 N–H and O–H groups in total. The van der Waals surface area contributed by atoms with Crippen LogP contribution in [0, 0.1) is 6.92 Å². The number of hydrogen-bond acceptors (Lipinski definition) is 2. The number of aryl methyl sites for hydroxylation is 1. The molecule has 0 aliphatic heterocycles. The van der Waals surface area contributed by atoms with Crippen molar-refractivity contribution in [1.29, 1.82) is 0 Å². The number of benzene rings is 1. The van der Waals surface area contributed by atoms with Gasteiger partial charge >= 0.3 is 0 Å². The van der Waals surface area contributed by atoms with Gasteiger partial charge in [-0.15, -0.1) is 0 Å². The smallest absolute Gasteiger partial charge is 0.122 e. The minimum atomic E-state index is -0.800. The van der Waals surface area contributed by atoms with Gasteiger partial charge in [-0.1, -0.05) is 23.7 Å². The Morgan fingerprint density at radius 1 is 1.28 bits per heavy atom. The molecule has 0 aliphatic carbocycles. The van der Waals surface area contributed by atoms with E-state index in [1.165, 1.54) is 0 Å². The summed E-state index contributed by atoms with van der Waals surface area (Å²) < 4.78 is 1.60. The van der Waals surface area contributed by atoms with Crippen molar-refractivity contribution in [3.63, 3.8) is 0 Å². The van der Waals surface area contributed by atoms with Crippen molar-refractivity contribution < 1.29 is 5.11 Å². The maximum atomic E-state index is 10.3. The standard InChI is InChI=1S/C13H10Br2ClNO/c1-7-2-3-8(4-11(7)16)13(18)12-10(15)5-9(14)6-17-12/h2-6,13,18H,1H3. The predicted molar refractivity (Wildman–Crippen MR) is 79.9 cm³/mol. The number of nitrogens with zero attached hydrogens (tertiary/aromatic N) is 1. The second kappa shape index (κ2) is 5.70. The molecule has 0 bridgehead atoms. The van der Waals surface area contributed by atoms with E-state index in [9.17, 15) is 5.11 Å². The summed E-state index contributed by atoms with van der Waals surface area (Å²) in [6, 6.07) is 7.34. The molecule has 94 valence electrons. The van der Waals surface area contributed by atoms with Crippen LogP contribution in [0.2, 0.25) is 5.02 Å². The fraction of sp³-hybridized carbons (Fsp3) is 0.154. The van der Waals surface area contributed by atoms with Crippen molar-refractivity contribution in [2.45, 2.75) is 13.0 Å². The second-order valence-corrected chi connectivity index (χ2v) is 6.11. The molecule has 18 heavy (non-hydrogen) atoms. The average Bonchev–Trinajstić information content (AvgIpc) is 2.32.